The molecule has 1 fully saturated rings. The minimum Gasteiger partial charge on any atom is -0.379 e. The number of nitrogens with one attached hydrogen (secondary N) is 2. The molecule has 1 rings (SSSR count). The zero-order valence-electron chi connectivity index (χ0n) is 16.7. The van der Waals surface area contributed by atoms with Crippen molar-refractivity contribution < 1.29 is 13.2 Å². The molecule has 0 saturated carbocycles. The van der Waals surface area contributed by atoms with Crippen molar-refractivity contribution in [3.05, 3.63) is 0 Å². The van der Waals surface area contributed by atoms with Crippen LogP contribution in [0.5, 0.6) is 0 Å². The number of rotatable bonds is 10. The van der Waals surface area contributed by atoms with Crippen LogP contribution in [-0.2, 0) is 14.6 Å². The van der Waals surface area contributed by atoms with Crippen molar-refractivity contribution >= 4 is 39.8 Å². The number of hydrogen-bond acceptors (Lipinski definition) is 5. The smallest absolute Gasteiger partial charge is 0.191 e. The number of halogens is 1. The lowest BCUT2D eigenvalue weighted by molar-refractivity contribution is 0.0376. The summed E-state index contributed by atoms with van der Waals surface area (Å²) in [6.07, 6.45) is 2.96. The molecular formula is C17H37IN4O3S. The van der Waals surface area contributed by atoms with E-state index in [9.17, 15) is 8.42 Å². The van der Waals surface area contributed by atoms with E-state index in [1.807, 2.05) is 6.92 Å². The molecule has 0 unspecified atom stereocenters. The molecule has 0 amide bonds. The second kappa shape index (κ2) is 13.1. The molecule has 0 aromatic heterocycles. The normalized spacial score (nSPS) is 16.8. The summed E-state index contributed by atoms with van der Waals surface area (Å²) in [5, 5.41) is 6.62. The summed E-state index contributed by atoms with van der Waals surface area (Å²) in [7, 11) is -2.93. The Labute approximate surface area is 176 Å². The van der Waals surface area contributed by atoms with E-state index in [-0.39, 0.29) is 35.1 Å². The lowest BCUT2D eigenvalue weighted by Crippen LogP contribution is -2.41. The lowest BCUT2D eigenvalue weighted by Gasteiger charge is -2.26. The molecule has 0 spiro atoms. The van der Waals surface area contributed by atoms with Crippen LogP contribution in [0, 0.1) is 5.41 Å². The first kappa shape index (κ1) is 25.9. The largest absolute Gasteiger partial charge is 0.379 e. The van der Waals surface area contributed by atoms with Gasteiger partial charge in [-0.15, -0.1) is 24.0 Å². The third-order valence-electron chi connectivity index (χ3n) is 4.21. The van der Waals surface area contributed by atoms with Crippen LogP contribution in [-0.4, -0.2) is 83.8 Å². The van der Waals surface area contributed by atoms with E-state index in [4.69, 9.17) is 4.74 Å². The van der Waals surface area contributed by atoms with Gasteiger partial charge in [0.05, 0.1) is 19.0 Å². The van der Waals surface area contributed by atoms with Gasteiger partial charge in [0.25, 0.3) is 0 Å². The van der Waals surface area contributed by atoms with Crippen LogP contribution in [0.25, 0.3) is 0 Å². The minimum atomic E-state index is -2.93. The molecule has 1 aliphatic rings. The molecule has 9 heteroatoms. The van der Waals surface area contributed by atoms with Crippen LogP contribution < -0.4 is 10.6 Å². The third-order valence-corrected chi connectivity index (χ3v) is 5.15. The average molecular weight is 504 g/mol. The Morgan fingerprint density at radius 2 is 1.88 bits per heavy atom. The van der Waals surface area contributed by atoms with E-state index in [0.29, 0.717) is 13.0 Å². The van der Waals surface area contributed by atoms with Crippen molar-refractivity contribution in [1.82, 2.24) is 15.5 Å². The molecule has 2 N–H and O–H groups in total. The van der Waals surface area contributed by atoms with Crippen LogP contribution in [0.1, 0.15) is 33.6 Å². The molecule has 0 bridgehead atoms. The molecule has 1 heterocycles. The van der Waals surface area contributed by atoms with Crippen LogP contribution >= 0.6 is 24.0 Å². The molecule has 0 radical (unpaired) electrons. The van der Waals surface area contributed by atoms with Crippen LogP contribution in [0.15, 0.2) is 4.99 Å². The van der Waals surface area contributed by atoms with Gasteiger partial charge in [-0.05, 0) is 31.7 Å². The van der Waals surface area contributed by atoms with Crippen molar-refractivity contribution in [3.63, 3.8) is 0 Å². The Bertz CT molecular complexity index is 506. The Morgan fingerprint density at radius 1 is 1.23 bits per heavy atom. The first-order valence-electron chi connectivity index (χ1n) is 9.22. The minimum absolute atomic E-state index is 0. The highest BCUT2D eigenvalue weighted by atomic mass is 127. The van der Waals surface area contributed by atoms with E-state index in [1.54, 1.807) is 0 Å². The van der Waals surface area contributed by atoms with Gasteiger partial charge in [-0.2, -0.15) is 0 Å². The van der Waals surface area contributed by atoms with Crippen molar-refractivity contribution in [2.75, 3.05) is 64.5 Å². The van der Waals surface area contributed by atoms with Crippen molar-refractivity contribution in [2.45, 2.75) is 33.6 Å². The molecule has 0 atom stereocenters. The van der Waals surface area contributed by atoms with E-state index < -0.39 is 9.84 Å². The number of ether oxygens (including phenoxy) is 1. The standard InChI is InChI=1S/C17H36N4O3S.HI/c1-5-18-16(19-8-6-9-21-10-12-24-13-11-21)20-15-17(2,3)7-14-25(4,22)23;/h5-15H2,1-4H3,(H2,18,19,20);1H. The quantitative estimate of drug-likeness (QED) is 0.202. The summed E-state index contributed by atoms with van der Waals surface area (Å²) in [6.45, 7) is 13.2. The van der Waals surface area contributed by atoms with Crippen molar-refractivity contribution in [1.29, 1.82) is 0 Å². The molecule has 0 aromatic rings. The highest BCUT2D eigenvalue weighted by Crippen LogP contribution is 2.21. The summed E-state index contributed by atoms with van der Waals surface area (Å²) in [4.78, 5) is 7.06. The van der Waals surface area contributed by atoms with E-state index in [1.165, 1.54) is 6.26 Å². The summed E-state index contributed by atoms with van der Waals surface area (Å²) in [6, 6.07) is 0. The summed E-state index contributed by atoms with van der Waals surface area (Å²) in [5.41, 5.74) is -0.140. The number of morpholine rings is 1. The second-order valence-electron chi connectivity index (χ2n) is 7.47. The number of sulfone groups is 1. The Kier molecular flexibility index (Phi) is 13.0. The van der Waals surface area contributed by atoms with E-state index in [2.05, 4.69) is 34.4 Å². The number of aliphatic imine (C=N–C) groups is 1. The Hall–Kier alpha value is -0.130. The molecule has 1 aliphatic heterocycles. The highest BCUT2D eigenvalue weighted by molar-refractivity contribution is 14.0. The van der Waals surface area contributed by atoms with Crippen LogP contribution in [0.4, 0.5) is 0 Å². The van der Waals surface area contributed by atoms with Gasteiger partial charge in [0.1, 0.15) is 9.84 Å². The van der Waals surface area contributed by atoms with Gasteiger partial charge in [-0.1, -0.05) is 13.8 Å². The van der Waals surface area contributed by atoms with Crippen LogP contribution in [0.3, 0.4) is 0 Å². The monoisotopic (exact) mass is 504 g/mol. The number of guanidine groups is 1. The molecule has 1 saturated heterocycles. The summed E-state index contributed by atoms with van der Waals surface area (Å²) in [5.74, 6) is 1.01. The molecular weight excluding hydrogens is 467 g/mol. The maximum absolute atomic E-state index is 11.4. The zero-order valence-corrected chi connectivity index (χ0v) is 19.9. The van der Waals surface area contributed by atoms with E-state index in [0.717, 1.165) is 58.3 Å². The highest BCUT2D eigenvalue weighted by Gasteiger charge is 2.20. The molecule has 26 heavy (non-hydrogen) atoms. The Balaban J connectivity index is 0.00000625. The zero-order chi connectivity index (χ0) is 18.8. The van der Waals surface area contributed by atoms with Gasteiger partial charge in [0.2, 0.25) is 0 Å². The van der Waals surface area contributed by atoms with Gasteiger partial charge in [-0.3, -0.25) is 9.89 Å². The molecule has 0 aromatic carbocycles. The van der Waals surface area contributed by atoms with E-state index >= 15 is 0 Å². The fourth-order valence-corrected chi connectivity index (χ4v) is 3.43. The lowest BCUT2D eigenvalue weighted by atomic mass is 9.90. The fraction of sp³-hybridized carbons (Fsp3) is 0.941. The molecule has 156 valence electrons. The van der Waals surface area contributed by atoms with Crippen molar-refractivity contribution in [2.24, 2.45) is 10.4 Å². The topological polar surface area (TPSA) is 83.0 Å². The third kappa shape index (κ3) is 13.1. The fourth-order valence-electron chi connectivity index (χ4n) is 2.51. The second-order valence-corrected chi connectivity index (χ2v) is 9.73. The summed E-state index contributed by atoms with van der Waals surface area (Å²) < 4.78 is 28.1. The van der Waals surface area contributed by atoms with Gasteiger partial charge >= 0.3 is 0 Å². The first-order chi connectivity index (χ1) is 11.7. The molecule has 7 nitrogen and oxygen atoms in total. The van der Waals surface area contributed by atoms with Gasteiger partial charge in [0.15, 0.2) is 5.96 Å². The Morgan fingerprint density at radius 3 is 2.46 bits per heavy atom. The molecule has 0 aliphatic carbocycles. The maximum Gasteiger partial charge on any atom is 0.191 e. The number of nitrogens with zero attached hydrogens (tertiary/aromatic N) is 2. The predicted molar refractivity (Wildman–Crippen MR) is 119 cm³/mol. The first-order valence-corrected chi connectivity index (χ1v) is 11.3. The van der Waals surface area contributed by atoms with Gasteiger partial charge in [0, 0.05) is 39.0 Å². The maximum atomic E-state index is 11.4. The van der Waals surface area contributed by atoms with Crippen molar-refractivity contribution in [3.8, 4) is 0 Å². The number of hydrogen-bond donors (Lipinski definition) is 2. The summed E-state index contributed by atoms with van der Waals surface area (Å²) >= 11 is 0. The van der Waals surface area contributed by atoms with Gasteiger partial charge < -0.3 is 15.4 Å². The average Bonchev–Trinajstić information content (AvgIpc) is 2.55. The van der Waals surface area contributed by atoms with Crippen LogP contribution in [0.2, 0.25) is 0 Å². The van der Waals surface area contributed by atoms with Gasteiger partial charge in [-0.25, -0.2) is 8.42 Å². The SMILES string of the molecule is CCNC(=NCC(C)(C)CCS(C)(=O)=O)NCCCN1CCOCC1.I. The predicted octanol–water partition coefficient (Wildman–Crippen LogP) is 1.34.